The van der Waals surface area contributed by atoms with E-state index in [-0.39, 0.29) is 12.4 Å². The third kappa shape index (κ3) is 6.39. The molecule has 0 aliphatic carbocycles. The Kier molecular flexibility index (Phi) is 9.26. The van der Waals surface area contributed by atoms with Gasteiger partial charge in [0.1, 0.15) is 12.1 Å². The fourth-order valence-electron chi connectivity index (χ4n) is 4.43. The van der Waals surface area contributed by atoms with E-state index in [0.717, 1.165) is 10.4 Å². The SMILES string of the molecule is C[C@@H](O)[C@H](NC(=O)c1ccco1)C(=O)N[C@H](CO[Si](c1ccccc1)(c1ccccc1)C(C)(C)C)C(=O)O. The lowest BCUT2D eigenvalue weighted by atomic mass is 10.1. The first-order valence-electron chi connectivity index (χ1n) is 12.3. The number of furan rings is 1. The fourth-order valence-corrected chi connectivity index (χ4v) is 9.00. The van der Waals surface area contributed by atoms with Crippen molar-refractivity contribution in [1.29, 1.82) is 0 Å². The zero-order valence-electron chi connectivity index (χ0n) is 21.9. The summed E-state index contributed by atoms with van der Waals surface area (Å²) in [5.41, 5.74) is 0. The van der Waals surface area contributed by atoms with Gasteiger partial charge in [0.25, 0.3) is 14.2 Å². The minimum atomic E-state index is -3.07. The standard InChI is InChI=1S/C28H34N2O7Si/c1-19(31)24(30-25(32)23-16-11-17-36-23)26(33)29-22(27(34)35)18-37-38(28(2,3)4,20-12-7-5-8-13-20)21-14-9-6-10-15-21/h5-17,19,22,24,31H,18H2,1-4H3,(H,29,33)(H,30,32)(H,34,35)/t19-,22-,24+/m1/s1. The van der Waals surface area contributed by atoms with Crippen LogP contribution in [-0.2, 0) is 14.0 Å². The molecule has 0 saturated heterocycles. The van der Waals surface area contributed by atoms with Gasteiger partial charge in [-0.1, -0.05) is 81.4 Å². The van der Waals surface area contributed by atoms with Crippen LogP contribution in [0, 0.1) is 0 Å². The monoisotopic (exact) mass is 538 g/mol. The summed E-state index contributed by atoms with van der Waals surface area (Å²) in [6.07, 6.45) is -0.00408. The molecule has 2 aromatic carbocycles. The Morgan fingerprint density at radius 2 is 1.47 bits per heavy atom. The number of benzene rings is 2. The Bertz CT molecular complexity index is 1170. The Balaban J connectivity index is 1.89. The molecule has 0 bridgehead atoms. The molecule has 1 heterocycles. The van der Waals surface area contributed by atoms with Crippen molar-refractivity contribution in [1.82, 2.24) is 10.6 Å². The topological polar surface area (TPSA) is 138 Å². The Morgan fingerprint density at radius 1 is 0.921 bits per heavy atom. The van der Waals surface area contributed by atoms with E-state index >= 15 is 0 Å². The second-order valence-electron chi connectivity index (χ2n) is 10.0. The number of aliphatic hydroxyl groups is 1. The van der Waals surface area contributed by atoms with E-state index in [1.54, 1.807) is 0 Å². The molecule has 0 aliphatic rings. The molecule has 0 spiro atoms. The molecule has 0 radical (unpaired) electrons. The molecule has 0 fully saturated rings. The predicted molar refractivity (Wildman–Crippen MR) is 145 cm³/mol. The zero-order valence-corrected chi connectivity index (χ0v) is 22.9. The first kappa shape index (κ1) is 28.8. The lowest BCUT2D eigenvalue weighted by molar-refractivity contribution is -0.143. The van der Waals surface area contributed by atoms with Crippen LogP contribution in [0.1, 0.15) is 38.2 Å². The van der Waals surface area contributed by atoms with Crippen molar-refractivity contribution < 1.29 is 33.4 Å². The number of aliphatic carboxylic acids is 1. The summed E-state index contributed by atoms with van der Waals surface area (Å²) in [5.74, 6) is -2.93. The Hall–Kier alpha value is -3.73. The van der Waals surface area contributed by atoms with Gasteiger partial charge >= 0.3 is 5.97 Å². The van der Waals surface area contributed by atoms with E-state index in [4.69, 9.17) is 8.84 Å². The van der Waals surface area contributed by atoms with Crippen LogP contribution in [0.3, 0.4) is 0 Å². The summed E-state index contributed by atoms with van der Waals surface area (Å²) in [7, 11) is -3.07. The van der Waals surface area contributed by atoms with Gasteiger partial charge in [-0.2, -0.15) is 0 Å². The maximum absolute atomic E-state index is 13.0. The molecule has 2 amide bonds. The highest BCUT2D eigenvalue weighted by atomic mass is 28.4. The molecule has 0 saturated carbocycles. The molecule has 3 rings (SSSR count). The lowest BCUT2D eigenvalue weighted by Gasteiger charge is -2.43. The second-order valence-corrected chi connectivity index (χ2v) is 14.3. The number of hydrogen-bond donors (Lipinski definition) is 4. The maximum Gasteiger partial charge on any atom is 0.328 e. The molecule has 0 aliphatic heterocycles. The summed E-state index contributed by atoms with van der Waals surface area (Å²) in [6.45, 7) is 7.16. The largest absolute Gasteiger partial charge is 0.480 e. The molecule has 3 aromatic rings. The number of carboxylic acid groups (broad SMARTS) is 1. The van der Waals surface area contributed by atoms with E-state index in [9.17, 15) is 24.6 Å². The Labute approximate surface area is 223 Å². The predicted octanol–water partition coefficient (Wildman–Crippen LogP) is 1.90. The number of amides is 2. The van der Waals surface area contributed by atoms with Crippen molar-refractivity contribution in [2.45, 2.75) is 50.9 Å². The van der Waals surface area contributed by atoms with Crippen molar-refractivity contribution in [3.63, 3.8) is 0 Å². The van der Waals surface area contributed by atoms with E-state index < -0.39 is 49.3 Å². The smallest absolute Gasteiger partial charge is 0.328 e. The molecule has 38 heavy (non-hydrogen) atoms. The van der Waals surface area contributed by atoms with E-state index in [2.05, 4.69) is 31.4 Å². The molecular formula is C28H34N2O7Si. The van der Waals surface area contributed by atoms with Gasteiger partial charge in [0, 0.05) is 0 Å². The third-order valence-corrected chi connectivity index (χ3v) is 11.3. The van der Waals surface area contributed by atoms with Crippen LogP contribution in [-0.4, -0.2) is 61.1 Å². The summed E-state index contributed by atoms with van der Waals surface area (Å²) in [6, 6.07) is 19.5. The number of hydrogen-bond acceptors (Lipinski definition) is 6. The van der Waals surface area contributed by atoms with Crippen LogP contribution in [0.5, 0.6) is 0 Å². The van der Waals surface area contributed by atoms with Gasteiger partial charge in [0.15, 0.2) is 5.76 Å². The average molecular weight is 539 g/mol. The number of carbonyl (C=O) groups is 3. The van der Waals surface area contributed by atoms with Crippen LogP contribution < -0.4 is 21.0 Å². The first-order chi connectivity index (χ1) is 18.0. The summed E-state index contributed by atoms with van der Waals surface area (Å²) in [4.78, 5) is 37.7. The molecule has 202 valence electrons. The minimum Gasteiger partial charge on any atom is -0.480 e. The minimum absolute atomic E-state index is 0.0479. The number of carboxylic acids is 1. The van der Waals surface area contributed by atoms with Crippen molar-refractivity contribution in [3.05, 3.63) is 84.8 Å². The van der Waals surface area contributed by atoms with Crippen LogP contribution in [0.25, 0.3) is 0 Å². The first-order valence-corrected chi connectivity index (χ1v) is 14.2. The van der Waals surface area contributed by atoms with Gasteiger partial charge < -0.3 is 29.7 Å². The highest BCUT2D eigenvalue weighted by molar-refractivity contribution is 6.99. The third-order valence-electron chi connectivity index (χ3n) is 6.29. The van der Waals surface area contributed by atoms with Gasteiger partial charge in [-0.15, -0.1) is 0 Å². The van der Waals surface area contributed by atoms with Crippen molar-refractivity contribution in [3.8, 4) is 0 Å². The van der Waals surface area contributed by atoms with Gasteiger partial charge in [-0.3, -0.25) is 9.59 Å². The molecule has 4 N–H and O–H groups in total. The highest BCUT2D eigenvalue weighted by Crippen LogP contribution is 2.36. The number of nitrogens with one attached hydrogen (secondary N) is 2. The van der Waals surface area contributed by atoms with Gasteiger partial charge in [-0.25, -0.2) is 4.79 Å². The van der Waals surface area contributed by atoms with Crippen LogP contribution in [0.2, 0.25) is 5.04 Å². The molecule has 0 unspecified atom stereocenters. The molecular weight excluding hydrogens is 504 g/mol. The van der Waals surface area contributed by atoms with E-state index in [1.165, 1.54) is 25.3 Å². The van der Waals surface area contributed by atoms with Crippen LogP contribution in [0.15, 0.2) is 83.5 Å². The number of rotatable bonds is 11. The molecule has 9 nitrogen and oxygen atoms in total. The maximum atomic E-state index is 13.0. The number of carbonyl (C=O) groups excluding carboxylic acids is 2. The normalized spacial score (nSPS) is 14.2. The van der Waals surface area contributed by atoms with Gasteiger partial charge in [-0.05, 0) is 34.5 Å². The number of aliphatic hydroxyl groups excluding tert-OH is 1. The van der Waals surface area contributed by atoms with E-state index in [0.29, 0.717) is 0 Å². The average Bonchev–Trinajstić information content (AvgIpc) is 3.42. The van der Waals surface area contributed by atoms with Crippen LogP contribution >= 0.6 is 0 Å². The quantitative estimate of drug-likeness (QED) is 0.274. The van der Waals surface area contributed by atoms with E-state index in [1.807, 2.05) is 60.7 Å². The molecule has 10 heteroatoms. The highest BCUT2D eigenvalue weighted by Gasteiger charge is 2.50. The van der Waals surface area contributed by atoms with Crippen LogP contribution in [0.4, 0.5) is 0 Å². The fraction of sp³-hybridized carbons (Fsp3) is 0.321. The summed E-state index contributed by atoms with van der Waals surface area (Å²) >= 11 is 0. The van der Waals surface area contributed by atoms with Crippen molar-refractivity contribution in [2.24, 2.45) is 0 Å². The summed E-state index contributed by atoms with van der Waals surface area (Å²) in [5, 5.41) is 26.5. The molecule has 3 atom stereocenters. The Morgan fingerprint density at radius 3 is 1.89 bits per heavy atom. The zero-order chi connectivity index (χ0) is 27.9. The van der Waals surface area contributed by atoms with Gasteiger partial charge in [0.2, 0.25) is 5.91 Å². The second kappa shape index (κ2) is 12.2. The van der Waals surface area contributed by atoms with Crippen molar-refractivity contribution in [2.75, 3.05) is 6.61 Å². The van der Waals surface area contributed by atoms with Gasteiger partial charge in [0.05, 0.1) is 19.0 Å². The molecule has 1 aromatic heterocycles. The summed E-state index contributed by atoms with van der Waals surface area (Å²) < 4.78 is 11.7. The lowest BCUT2D eigenvalue weighted by Crippen LogP contribution is -2.68. The van der Waals surface area contributed by atoms with Crippen molar-refractivity contribution >= 4 is 36.5 Å².